The third-order valence-corrected chi connectivity index (χ3v) is 3.18. The molecule has 1 aromatic carbocycles. The molecule has 0 aliphatic heterocycles. The quantitative estimate of drug-likeness (QED) is 0.696. The first-order chi connectivity index (χ1) is 7.27. The molecule has 1 aromatic rings. The summed E-state index contributed by atoms with van der Waals surface area (Å²) < 4.78 is 5.39. The topological polar surface area (TPSA) is 9.23 Å². The van der Waals surface area contributed by atoms with E-state index in [1.165, 1.54) is 0 Å². The van der Waals surface area contributed by atoms with Gasteiger partial charge in [-0.05, 0) is 5.56 Å². The van der Waals surface area contributed by atoms with Crippen molar-refractivity contribution in [2.75, 3.05) is 7.11 Å². The highest BCUT2D eigenvalue weighted by molar-refractivity contribution is 6.26. The lowest BCUT2D eigenvalue weighted by Gasteiger charge is -2.32. The number of hydrogen-bond acceptors (Lipinski definition) is 1. The summed E-state index contributed by atoms with van der Waals surface area (Å²) in [4.78, 5) is -0.579. The van der Waals surface area contributed by atoms with E-state index in [-0.39, 0.29) is 6.10 Å². The summed E-state index contributed by atoms with van der Waals surface area (Å²) in [7, 11) is 1.67. The normalized spacial score (nSPS) is 29.3. The molecule has 2 atom stereocenters. The van der Waals surface area contributed by atoms with E-state index >= 15 is 0 Å². The summed E-state index contributed by atoms with van der Waals surface area (Å²) in [5.41, 5.74) is 1.05. The fraction of sp³-hybridized carbons (Fsp3) is 0.231. The van der Waals surface area contributed by atoms with Gasteiger partial charge in [-0.15, -0.1) is 11.6 Å². The van der Waals surface area contributed by atoms with Crippen molar-refractivity contribution < 1.29 is 4.74 Å². The van der Waals surface area contributed by atoms with E-state index in [9.17, 15) is 0 Å². The Kier molecular flexibility index (Phi) is 2.94. The van der Waals surface area contributed by atoms with E-state index in [4.69, 9.17) is 16.3 Å². The average molecular weight is 221 g/mol. The molecule has 1 aliphatic carbocycles. The van der Waals surface area contributed by atoms with Gasteiger partial charge in [-0.1, -0.05) is 54.6 Å². The number of benzene rings is 1. The third kappa shape index (κ3) is 1.85. The van der Waals surface area contributed by atoms with Crippen molar-refractivity contribution in [2.24, 2.45) is 0 Å². The Bertz CT molecular complexity index is 383. The van der Waals surface area contributed by atoms with Gasteiger partial charge in [0.05, 0.1) is 0 Å². The van der Waals surface area contributed by atoms with Crippen LogP contribution in [0.25, 0.3) is 0 Å². The van der Waals surface area contributed by atoms with Gasteiger partial charge in [0, 0.05) is 7.11 Å². The number of ether oxygens (including phenoxy) is 1. The highest BCUT2D eigenvalue weighted by atomic mass is 35.5. The lowest BCUT2D eigenvalue weighted by Crippen LogP contribution is -2.33. The molecule has 0 radical (unpaired) electrons. The zero-order valence-corrected chi connectivity index (χ0v) is 9.32. The van der Waals surface area contributed by atoms with Gasteiger partial charge in [-0.25, -0.2) is 0 Å². The summed E-state index contributed by atoms with van der Waals surface area (Å²) in [5, 5.41) is 0. The zero-order valence-electron chi connectivity index (χ0n) is 8.56. The van der Waals surface area contributed by atoms with Crippen LogP contribution in [0.1, 0.15) is 5.56 Å². The molecule has 0 amide bonds. The van der Waals surface area contributed by atoms with Crippen LogP contribution in [-0.4, -0.2) is 13.2 Å². The van der Waals surface area contributed by atoms with Crippen molar-refractivity contribution in [3.8, 4) is 0 Å². The van der Waals surface area contributed by atoms with Gasteiger partial charge in [0.1, 0.15) is 11.0 Å². The molecule has 0 saturated carbocycles. The Morgan fingerprint density at radius 2 is 1.93 bits per heavy atom. The van der Waals surface area contributed by atoms with Crippen molar-refractivity contribution >= 4 is 11.6 Å². The standard InChI is InChI=1S/C13H13ClO/c1-15-12-9-5-6-10-13(12,14)11-7-3-2-4-8-11/h2-10,12H,1H3. The second-order valence-corrected chi connectivity index (χ2v) is 4.16. The van der Waals surface area contributed by atoms with E-state index in [0.717, 1.165) is 5.56 Å². The molecule has 0 fully saturated rings. The van der Waals surface area contributed by atoms with Crippen LogP contribution in [0.15, 0.2) is 54.6 Å². The Balaban J connectivity index is 2.41. The molecule has 2 heteroatoms. The molecule has 0 saturated heterocycles. The summed E-state index contributed by atoms with van der Waals surface area (Å²) in [6.07, 6.45) is 7.73. The minimum atomic E-state index is -0.579. The van der Waals surface area contributed by atoms with Crippen molar-refractivity contribution in [2.45, 2.75) is 11.0 Å². The van der Waals surface area contributed by atoms with Crippen LogP contribution in [0.3, 0.4) is 0 Å². The predicted octanol–water partition coefficient (Wildman–Crippen LogP) is 3.26. The number of alkyl halides is 1. The van der Waals surface area contributed by atoms with Crippen LogP contribution >= 0.6 is 11.6 Å². The molecule has 0 bridgehead atoms. The van der Waals surface area contributed by atoms with Gasteiger partial charge in [0.15, 0.2) is 0 Å². The average Bonchev–Trinajstić information content (AvgIpc) is 2.31. The van der Waals surface area contributed by atoms with Crippen LogP contribution in [0, 0.1) is 0 Å². The molecule has 2 unspecified atom stereocenters. The minimum absolute atomic E-state index is 0.119. The van der Waals surface area contributed by atoms with Crippen molar-refractivity contribution in [3.05, 3.63) is 60.2 Å². The molecule has 0 aromatic heterocycles. The highest BCUT2D eigenvalue weighted by Gasteiger charge is 2.36. The van der Waals surface area contributed by atoms with Crippen LogP contribution in [0.2, 0.25) is 0 Å². The minimum Gasteiger partial charge on any atom is -0.375 e. The number of halogens is 1. The van der Waals surface area contributed by atoms with Crippen molar-refractivity contribution in [1.29, 1.82) is 0 Å². The van der Waals surface area contributed by atoms with Gasteiger partial charge < -0.3 is 4.74 Å². The van der Waals surface area contributed by atoms with E-state index < -0.39 is 4.87 Å². The van der Waals surface area contributed by atoms with Crippen LogP contribution in [-0.2, 0) is 9.61 Å². The smallest absolute Gasteiger partial charge is 0.117 e. The zero-order chi connectivity index (χ0) is 10.7. The number of hydrogen-bond donors (Lipinski definition) is 0. The van der Waals surface area contributed by atoms with Crippen LogP contribution in [0.4, 0.5) is 0 Å². The molecule has 0 heterocycles. The molecular weight excluding hydrogens is 208 g/mol. The van der Waals surface area contributed by atoms with Crippen molar-refractivity contribution in [1.82, 2.24) is 0 Å². The Morgan fingerprint density at radius 1 is 1.20 bits per heavy atom. The van der Waals surface area contributed by atoms with Gasteiger partial charge in [-0.2, -0.15) is 0 Å². The van der Waals surface area contributed by atoms with Crippen molar-refractivity contribution in [3.63, 3.8) is 0 Å². The van der Waals surface area contributed by atoms with Gasteiger partial charge in [0.2, 0.25) is 0 Å². The first kappa shape index (κ1) is 10.5. The fourth-order valence-electron chi connectivity index (χ4n) is 1.80. The molecule has 1 nitrogen and oxygen atoms in total. The molecule has 1 aliphatic rings. The molecule has 0 spiro atoms. The molecule has 78 valence electrons. The summed E-state index contributed by atoms with van der Waals surface area (Å²) in [6, 6.07) is 9.98. The first-order valence-corrected chi connectivity index (χ1v) is 5.28. The third-order valence-electron chi connectivity index (χ3n) is 2.62. The monoisotopic (exact) mass is 220 g/mol. The van der Waals surface area contributed by atoms with Gasteiger partial charge >= 0.3 is 0 Å². The Morgan fingerprint density at radius 3 is 2.60 bits per heavy atom. The van der Waals surface area contributed by atoms with Gasteiger partial charge in [-0.3, -0.25) is 0 Å². The molecule has 15 heavy (non-hydrogen) atoms. The van der Waals surface area contributed by atoms with E-state index in [0.29, 0.717) is 0 Å². The Hall–Kier alpha value is -1.05. The number of rotatable bonds is 2. The molecule has 0 N–H and O–H groups in total. The second-order valence-electron chi connectivity index (χ2n) is 3.53. The summed E-state index contributed by atoms with van der Waals surface area (Å²) in [5.74, 6) is 0. The predicted molar refractivity (Wildman–Crippen MR) is 63.1 cm³/mol. The second kappa shape index (κ2) is 4.21. The van der Waals surface area contributed by atoms with E-state index in [1.54, 1.807) is 7.11 Å². The molecular formula is C13H13ClO. The van der Waals surface area contributed by atoms with Crippen LogP contribution < -0.4 is 0 Å². The highest BCUT2D eigenvalue weighted by Crippen LogP contribution is 2.38. The van der Waals surface area contributed by atoms with E-state index in [2.05, 4.69) is 0 Å². The summed E-state index contributed by atoms with van der Waals surface area (Å²) in [6.45, 7) is 0. The fourth-order valence-corrected chi connectivity index (χ4v) is 2.16. The maximum atomic E-state index is 6.60. The lowest BCUT2D eigenvalue weighted by atomic mass is 9.89. The van der Waals surface area contributed by atoms with E-state index in [1.807, 2.05) is 54.6 Å². The summed E-state index contributed by atoms with van der Waals surface area (Å²) >= 11 is 6.60. The lowest BCUT2D eigenvalue weighted by molar-refractivity contribution is 0.116. The Labute approximate surface area is 95.0 Å². The number of methoxy groups -OCH3 is 1. The largest absolute Gasteiger partial charge is 0.375 e. The maximum absolute atomic E-state index is 6.60. The first-order valence-electron chi connectivity index (χ1n) is 4.90. The molecule has 2 rings (SSSR count). The van der Waals surface area contributed by atoms with Crippen LogP contribution in [0.5, 0.6) is 0 Å². The number of allylic oxidation sites excluding steroid dienone is 2. The maximum Gasteiger partial charge on any atom is 0.117 e. The SMILES string of the molecule is COC1C=CC=CC1(Cl)c1ccccc1. The van der Waals surface area contributed by atoms with Gasteiger partial charge in [0.25, 0.3) is 0 Å².